The number of hydrogen-bond donors (Lipinski definition) is 2. The Morgan fingerprint density at radius 2 is 2.04 bits per heavy atom. The van der Waals surface area contributed by atoms with Crippen molar-refractivity contribution in [1.29, 1.82) is 0 Å². The number of phenolic OH excluding ortho intramolecular Hbond substituents is 1. The third kappa shape index (κ3) is 2.93. The van der Waals surface area contributed by atoms with Gasteiger partial charge in [0.2, 0.25) is 0 Å². The number of carbonyl (C=O) groups is 1. The number of halogens is 2. The summed E-state index contributed by atoms with van der Waals surface area (Å²) in [5.41, 5.74) is 1.14. The minimum Gasteiger partial charge on any atom is -0.508 e. The average molecular weight is 496 g/mol. The summed E-state index contributed by atoms with van der Waals surface area (Å²) in [6.45, 7) is 0. The van der Waals surface area contributed by atoms with E-state index in [0.717, 1.165) is 14.5 Å². The first-order valence-electron chi connectivity index (χ1n) is 7.57. The number of hydrazone groups is 1. The lowest BCUT2D eigenvalue weighted by Crippen LogP contribution is -2.50. The van der Waals surface area contributed by atoms with Gasteiger partial charge < -0.3 is 5.11 Å². The molecule has 0 bridgehead atoms. The van der Waals surface area contributed by atoms with Gasteiger partial charge in [0, 0.05) is 19.7 Å². The third-order valence-corrected chi connectivity index (χ3v) is 5.81. The maximum absolute atomic E-state index is 12.8. The summed E-state index contributed by atoms with van der Waals surface area (Å²) in [7, 11) is 0. The van der Waals surface area contributed by atoms with Gasteiger partial charge in [-0.1, -0.05) is 43.6 Å². The number of amides is 1. The molecule has 0 saturated carbocycles. The molecule has 0 aromatic heterocycles. The van der Waals surface area contributed by atoms with E-state index in [9.17, 15) is 9.90 Å². The van der Waals surface area contributed by atoms with E-state index in [1.165, 1.54) is 11.8 Å². The Balaban J connectivity index is 2.04. The minimum atomic E-state index is -0.576. The number of benzene rings is 2. The molecule has 0 radical (unpaired) electrons. The summed E-state index contributed by atoms with van der Waals surface area (Å²) in [5, 5.41) is 20.8. The van der Waals surface area contributed by atoms with Crippen LogP contribution in [-0.2, 0) is 4.79 Å². The Morgan fingerprint density at radius 3 is 2.81 bits per heavy atom. The molecule has 0 aliphatic carbocycles. The molecule has 2 aromatic rings. The van der Waals surface area contributed by atoms with Crippen molar-refractivity contribution in [3.05, 3.63) is 61.5 Å². The zero-order valence-corrected chi connectivity index (χ0v) is 17.4. The zero-order valence-electron chi connectivity index (χ0n) is 13.4. The number of thioether (sulfide) groups is 1. The largest absolute Gasteiger partial charge is 0.508 e. The molecule has 0 saturated heterocycles. The maximum atomic E-state index is 12.8. The lowest BCUT2D eigenvalue weighted by molar-refractivity contribution is -0.116. The van der Waals surface area contributed by atoms with Crippen LogP contribution in [-0.4, -0.2) is 27.4 Å². The molecule has 0 spiro atoms. The van der Waals surface area contributed by atoms with Crippen molar-refractivity contribution in [1.82, 2.24) is 10.3 Å². The van der Waals surface area contributed by atoms with Crippen LogP contribution in [0.5, 0.6) is 5.75 Å². The molecule has 1 amide bonds. The fourth-order valence-electron chi connectivity index (χ4n) is 2.88. The van der Waals surface area contributed by atoms with Gasteiger partial charge >= 0.3 is 0 Å². The second-order valence-electron chi connectivity index (χ2n) is 5.63. The van der Waals surface area contributed by atoms with Gasteiger partial charge in [-0.3, -0.25) is 15.1 Å². The van der Waals surface area contributed by atoms with Crippen LogP contribution < -0.4 is 15.9 Å². The second kappa shape index (κ2) is 6.71. The molecule has 0 fully saturated rings. The molecular weight excluding hydrogens is 484 g/mol. The van der Waals surface area contributed by atoms with Crippen molar-refractivity contribution in [2.75, 3.05) is 6.26 Å². The summed E-state index contributed by atoms with van der Waals surface area (Å²) >= 11 is 8.31. The fourth-order valence-corrected chi connectivity index (χ4v) is 4.05. The van der Waals surface area contributed by atoms with Crippen molar-refractivity contribution in [2.45, 2.75) is 6.17 Å². The Hall–Kier alpha value is -1.84. The molecule has 1 atom stereocenters. The average Bonchev–Trinajstić information content (AvgIpc) is 2.62. The van der Waals surface area contributed by atoms with Crippen molar-refractivity contribution < 1.29 is 9.90 Å². The minimum absolute atomic E-state index is 0.122. The first kappa shape index (κ1) is 17.6. The summed E-state index contributed by atoms with van der Waals surface area (Å²) < 4.78 is 1.62. The molecule has 26 heavy (non-hydrogen) atoms. The smallest absolute Gasteiger partial charge is 0.276 e. The number of carbonyl (C=O) groups excluding carboxylic acids is 1. The highest BCUT2D eigenvalue weighted by atomic mass is 79.9. The molecule has 2 aliphatic heterocycles. The highest BCUT2D eigenvalue weighted by Crippen LogP contribution is 2.36. The van der Waals surface area contributed by atoms with Crippen molar-refractivity contribution >= 4 is 60.4 Å². The monoisotopic (exact) mass is 494 g/mol. The topological polar surface area (TPSA) is 77.3 Å². The van der Waals surface area contributed by atoms with E-state index in [2.05, 4.69) is 42.3 Å². The third-order valence-electron chi connectivity index (χ3n) is 4.02. The lowest BCUT2D eigenvalue weighted by atomic mass is 10.1. The quantitative estimate of drug-likeness (QED) is 0.637. The second-order valence-corrected chi connectivity index (χ2v) is 8.19. The molecule has 132 valence electrons. The van der Waals surface area contributed by atoms with Crippen LogP contribution in [0.3, 0.4) is 0 Å². The number of amidine groups is 1. The summed E-state index contributed by atoms with van der Waals surface area (Å²) in [4.78, 5) is 17.6. The number of phenols is 1. The van der Waals surface area contributed by atoms with E-state index < -0.39 is 6.17 Å². The number of nitrogens with zero attached hydrogens (tertiary/aromatic N) is 3. The highest BCUT2D eigenvalue weighted by Gasteiger charge is 2.35. The Kier molecular flexibility index (Phi) is 4.54. The first-order valence-corrected chi connectivity index (χ1v) is 10.4. The van der Waals surface area contributed by atoms with E-state index >= 15 is 0 Å². The van der Waals surface area contributed by atoms with Crippen molar-refractivity contribution in [2.24, 2.45) is 10.1 Å². The van der Waals surface area contributed by atoms with Gasteiger partial charge in [-0.2, -0.15) is 0 Å². The normalized spacial score (nSPS) is 18.5. The number of aromatic hydroxyl groups is 1. The van der Waals surface area contributed by atoms with Gasteiger partial charge in [0.1, 0.15) is 11.4 Å². The van der Waals surface area contributed by atoms with Crippen LogP contribution >= 0.6 is 43.6 Å². The molecule has 1 unspecified atom stereocenters. The number of rotatable bonds is 1. The van der Waals surface area contributed by atoms with E-state index in [0.29, 0.717) is 21.4 Å². The van der Waals surface area contributed by atoms with Gasteiger partial charge in [0.05, 0.1) is 5.36 Å². The van der Waals surface area contributed by atoms with Gasteiger partial charge in [-0.15, -0.1) is 5.10 Å². The van der Waals surface area contributed by atoms with Crippen LogP contribution in [0.4, 0.5) is 0 Å². The zero-order chi connectivity index (χ0) is 18.4. The van der Waals surface area contributed by atoms with E-state index in [1.807, 2.05) is 24.5 Å². The predicted octanol–water partition coefficient (Wildman–Crippen LogP) is 2.42. The predicted molar refractivity (Wildman–Crippen MR) is 108 cm³/mol. The van der Waals surface area contributed by atoms with Gasteiger partial charge in [0.15, 0.2) is 11.3 Å². The first-order chi connectivity index (χ1) is 12.5. The molecule has 9 heteroatoms. The number of fused-ring (bicyclic) bond motifs is 2. The lowest BCUT2D eigenvalue weighted by Gasteiger charge is -2.34. The maximum Gasteiger partial charge on any atom is 0.276 e. The number of hydrogen-bond acceptors (Lipinski definition) is 6. The van der Waals surface area contributed by atoms with Gasteiger partial charge in [-0.25, -0.2) is 5.01 Å². The van der Waals surface area contributed by atoms with Crippen LogP contribution in [0.2, 0.25) is 0 Å². The van der Waals surface area contributed by atoms with E-state index in [4.69, 9.17) is 4.99 Å². The SMILES string of the molecule is CSC1=NN2C(=c3cc(Br)ccc3=NC2c2cc(O)ccc2Br)C(=O)N1. The molecule has 4 rings (SSSR count). The molecule has 2 aromatic carbocycles. The van der Waals surface area contributed by atoms with Gasteiger partial charge in [0.25, 0.3) is 5.91 Å². The van der Waals surface area contributed by atoms with Crippen LogP contribution in [0, 0.1) is 0 Å². The van der Waals surface area contributed by atoms with Gasteiger partial charge in [-0.05, 0) is 42.7 Å². The standard InChI is InChI=1S/C17H12Br2N4O2S/c1-26-17-21-16(25)14-11-6-8(18)2-5-13(11)20-15(23(14)22-17)10-7-9(24)3-4-12(10)19/h2-7,15,24H,1H3,(H,21,22,25). The summed E-state index contributed by atoms with van der Waals surface area (Å²) in [6, 6.07) is 10.6. The number of nitrogens with one attached hydrogen (secondary N) is 1. The summed E-state index contributed by atoms with van der Waals surface area (Å²) in [6.07, 6.45) is 1.27. The highest BCUT2D eigenvalue weighted by molar-refractivity contribution is 9.10. The summed E-state index contributed by atoms with van der Waals surface area (Å²) in [5.74, 6) is -0.114. The fraction of sp³-hybridized carbons (Fsp3) is 0.118. The molecule has 2 heterocycles. The molecule has 2 N–H and O–H groups in total. The van der Waals surface area contributed by atoms with Crippen LogP contribution in [0.15, 0.2) is 55.4 Å². The van der Waals surface area contributed by atoms with Crippen molar-refractivity contribution in [3.8, 4) is 5.75 Å². The Bertz CT molecular complexity index is 1090. The van der Waals surface area contributed by atoms with E-state index in [-0.39, 0.29) is 11.7 Å². The Labute approximate surface area is 169 Å². The van der Waals surface area contributed by atoms with Crippen LogP contribution in [0.1, 0.15) is 11.7 Å². The molecular formula is C17H12Br2N4O2S. The van der Waals surface area contributed by atoms with E-state index in [1.54, 1.807) is 23.2 Å². The van der Waals surface area contributed by atoms with Crippen molar-refractivity contribution in [3.63, 3.8) is 0 Å². The molecule has 2 aliphatic rings. The van der Waals surface area contributed by atoms with Crippen LogP contribution in [0.25, 0.3) is 5.70 Å². The Morgan fingerprint density at radius 1 is 1.23 bits per heavy atom. The molecule has 6 nitrogen and oxygen atoms in total.